The summed E-state index contributed by atoms with van der Waals surface area (Å²) in [6, 6.07) is 7.33. The van der Waals surface area contributed by atoms with Crippen molar-refractivity contribution in [1.82, 2.24) is 0 Å². The first-order valence-corrected chi connectivity index (χ1v) is 7.21. The van der Waals surface area contributed by atoms with Crippen molar-refractivity contribution < 1.29 is 9.66 Å². The first-order chi connectivity index (χ1) is 9.89. The Hall–Kier alpha value is -2.09. The summed E-state index contributed by atoms with van der Waals surface area (Å²) in [6.07, 6.45) is 3.19. The van der Waals surface area contributed by atoms with Crippen LogP contribution in [0.25, 0.3) is 0 Å². The molecule has 114 valence electrons. The third-order valence-electron chi connectivity index (χ3n) is 3.38. The van der Waals surface area contributed by atoms with E-state index < -0.39 is 4.92 Å². The van der Waals surface area contributed by atoms with Gasteiger partial charge in [-0.1, -0.05) is 13.0 Å². The standard InChI is InChI=1S/C16H22N2O3/c1-4-13-7-8-15(14(11-13)18(19)20)21-10-6-5-9-16(2,3)12-17/h7-8,11H,4-6,9-10H2,1-3H3. The molecular formula is C16H22N2O3. The van der Waals surface area contributed by atoms with Gasteiger partial charge in [0, 0.05) is 6.07 Å². The maximum absolute atomic E-state index is 11.0. The molecule has 0 radical (unpaired) electrons. The fourth-order valence-electron chi connectivity index (χ4n) is 1.95. The highest BCUT2D eigenvalue weighted by Gasteiger charge is 2.17. The third kappa shape index (κ3) is 5.42. The van der Waals surface area contributed by atoms with Gasteiger partial charge in [-0.25, -0.2) is 0 Å². The Bertz CT molecular complexity index is 533. The zero-order chi connectivity index (χ0) is 15.9. The molecule has 0 saturated heterocycles. The normalized spacial score (nSPS) is 11.0. The minimum Gasteiger partial charge on any atom is -0.487 e. The molecule has 5 heteroatoms. The molecule has 0 N–H and O–H groups in total. The highest BCUT2D eigenvalue weighted by molar-refractivity contribution is 5.48. The molecule has 0 saturated carbocycles. The van der Waals surface area contributed by atoms with Crippen LogP contribution < -0.4 is 4.74 Å². The molecule has 0 heterocycles. The van der Waals surface area contributed by atoms with Crippen molar-refractivity contribution >= 4 is 5.69 Å². The molecule has 0 amide bonds. The van der Waals surface area contributed by atoms with E-state index >= 15 is 0 Å². The van der Waals surface area contributed by atoms with Gasteiger partial charge in [-0.15, -0.1) is 0 Å². The van der Waals surface area contributed by atoms with Crippen LogP contribution in [-0.4, -0.2) is 11.5 Å². The summed E-state index contributed by atoms with van der Waals surface area (Å²) in [6.45, 7) is 6.19. The average molecular weight is 290 g/mol. The molecule has 0 spiro atoms. The summed E-state index contributed by atoms with van der Waals surface area (Å²) in [5, 5.41) is 20.0. The van der Waals surface area contributed by atoms with Crippen molar-refractivity contribution in [2.45, 2.75) is 46.5 Å². The number of unbranched alkanes of at least 4 members (excludes halogenated alkanes) is 1. The van der Waals surface area contributed by atoms with Gasteiger partial charge in [0.15, 0.2) is 5.75 Å². The van der Waals surface area contributed by atoms with Gasteiger partial charge in [-0.3, -0.25) is 10.1 Å². The number of ether oxygens (including phenoxy) is 1. The lowest BCUT2D eigenvalue weighted by Crippen LogP contribution is -2.08. The first kappa shape index (κ1) is 17.0. The number of nitro groups is 1. The molecule has 0 aliphatic carbocycles. The average Bonchev–Trinajstić information content (AvgIpc) is 2.46. The molecule has 5 nitrogen and oxygen atoms in total. The Labute approximate surface area is 125 Å². The van der Waals surface area contributed by atoms with E-state index in [4.69, 9.17) is 10.00 Å². The summed E-state index contributed by atoms with van der Waals surface area (Å²) in [4.78, 5) is 10.6. The predicted molar refractivity (Wildman–Crippen MR) is 81.2 cm³/mol. The van der Waals surface area contributed by atoms with Gasteiger partial charge in [-0.05, 0) is 51.2 Å². The Balaban J connectivity index is 2.53. The maximum atomic E-state index is 11.0. The number of hydrogen-bond acceptors (Lipinski definition) is 4. The Morgan fingerprint density at radius 3 is 2.67 bits per heavy atom. The Morgan fingerprint density at radius 2 is 2.10 bits per heavy atom. The molecule has 0 atom stereocenters. The number of nitrogens with zero attached hydrogens (tertiary/aromatic N) is 2. The summed E-state index contributed by atoms with van der Waals surface area (Å²) in [5.74, 6) is 0.316. The van der Waals surface area contributed by atoms with E-state index in [1.807, 2.05) is 26.8 Å². The van der Waals surface area contributed by atoms with Crippen molar-refractivity contribution in [3.63, 3.8) is 0 Å². The van der Waals surface area contributed by atoms with Gasteiger partial charge < -0.3 is 4.74 Å². The first-order valence-electron chi connectivity index (χ1n) is 7.21. The Morgan fingerprint density at radius 1 is 1.38 bits per heavy atom. The third-order valence-corrected chi connectivity index (χ3v) is 3.38. The van der Waals surface area contributed by atoms with E-state index in [9.17, 15) is 10.1 Å². The predicted octanol–water partition coefficient (Wildman–Crippen LogP) is 4.26. The highest BCUT2D eigenvalue weighted by atomic mass is 16.6. The van der Waals surface area contributed by atoms with E-state index in [1.165, 1.54) is 0 Å². The minimum absolute atomic E-state index is 0.0201. The molecule has 0 aliphatic rings. The van der Waals surface area contributed by atoms with Gasteiger partial charge in [0.1, 0.15) is 0 Å². The number of rotatable bonds is 8. The van der Waals surface area contributed by atoms with Crippen molar-refractivity contribution in [1.29, 1.82) is 5.26 Å². The summed E-state index contributed by atoms with van der Waals surface area (Å²) >= 11 is 0. The van der Waals surface area contributed by atoms with Crippen LogP contribution >= 0.6 is 0 Å². The van der Waals surface area contributed by atoms with Crippen molar-refractivity contribution in [3.8, 4) is 11.8 Å². The van der Waals surface area contributed by atoms with Crippen LogP contribution in [0, 0.1) is 26.9 Å². The zero-order valence-corrected chi connectivity index (χ0v) is 12.9. The molecule has 1 rings (SSSR count). The molecular weight excluding hydrogens is 268 g/mol. The van der Waals surface area contributed by atoms with Crippen LogP contribution in [0.5, 0.6) is 5.75 Å². The molecule has 1 aromatic carbocycles. The summed E-state index contributed by atoms with van der Waals surface area (Å²) in [5.41, 5.74) is 0.617. The molecule has 21 heavy (non-hydrogen) atoms. The molecule has 1 aromatic rings. The van der Waals surface area contributed by atoms with Gasteiger partial charge in [0.25, 0.3) is 0 Å². The highest BCUT2D eigenvalue weighted by Crippen LogP contribution is 2.28. The minimum atomic E-state index is -0.409. The van der Waals surface area contributed by atoms with Gasteiger partial charge in [0.2, 0.25) is 0 Å². The van der Waals surface area contributed by atoms with Gasteiger partial charge in [0.05, 0.1) is 23.0 Å². The van der Waals surface area contributed by atoms with E-state index in [-0.39, 0.29) is 11.1 Å². The van der Waals surface area contributed by atoms with Crippen molar-refractivity contribution in [2.75, 3.05) is 6.61 Å². The van der Waals surface area contributed by atoms with Gasteiger partial charge >= 0.3 is 5.69 Å². The lowest BCUT2D eigenvalue weighted by atomic mass is 9.89. The Kier molecular flexibility index (Phi) is 6.16. The molecule has 0 aromatic heterocycles. The lowest BCUT2D eigenvalue weighted by Gasteiger charge is -2.14. The SMILES string of the molecule is CCc1ccc(OCCCCC(C)(C)C#N)c([N+](=O)[O-])c1. The number of aryl methyl sites for hydroxylation is 1. The molecule has 0 fully saturated rings. The monoisotopic (exact) mass is 290 g/mol. The molecule has 0 unspecified atom stereocenters. The summed E-state index contributed by atoms with van der Waals surface area (Å²) in [7, 11) is 0. The fraction of sp³-hybridized carbons (Fsp3) is 0.562. The number of nitriles is 1. The lowest BCUT2D eigenvalue weighted by molar-refractivity contribution is -0.385. The van der Waals surface area contributed by atoms with Gasteiger partial charge in [-0.2, -0.15) is 5.26 Å². The van der Waals surface area contributed by atoms with Crippen LogP contribution in [0.1, 0.15) is 45.6 Å². The van der Waals surface area contributed by atoms with Crippen molar-refractivity contribution in [2.24, 2.45) is 5.41 Å². The zero-order valence-electron chi connectivity index (χ0n) is 12.9. The second-order valence-electron chi connectivity index (χ2n) is 5.71. The van der Waals surface area contributed by atoms with Crippen LogP contribution in [-0.2, 0) is 6.42 Å². The largest absolute Gasteiger partial charge is 0.487 e. The van der Waals surface area contributed by atoms with E-state index in [1.54, 1.807) is 12.1 Å². The molecule has 0 bridgehead atoms. The fourth-order valence-corrected chi connectivity index (χ4v) is 1.95. The van der Waals surface area contributed by atoms with Crippen LogP contribution in [0.15, 0.2) is 18.2 Å². The van der Waals surface area contributed by atoms with E-state index in [0.717, 1.165) is 31.2 Å². The molecule has 0 aliphatic heterocycles. The maximum Gasteiger partial charge on any atom is 0.311 e. The van der Waals surface area contributed by atoms with Crippen LogP contribution in [0.2, 0.25) is 0 Å². The summed E-state index contributed by atoms with van der Waals surface area (Å²) < 4.78 is 5.52. The van der Waals surface area contributed by atoms with E-state index in [0.29, 0.717) is 12.4 Å². The second kappa shape index (κ2) is 7.63. The number of nitro benzene ring substituents is 1. The van der Waals surface area contributed by atoms with Crippen LogP contribution in [0.4, 0.5) is 5.69 Å². The number of benzene rings is 1. The smallest absolute Gasteiger partial charge is 0.311 e. The van der Waals surface area contributed by atoms with Crippen molar-refractivity contribution in [3.05, 3.63) is 33.9 Å². The topological polar surface area (TPSA) is 76.2 Å². The van der Waals surface area contributed by atoms with E-state index in [2.05, 4.69) is 6.07 Å². The second-order valence-corrected chi connectivity index (χ2v) is 5.71. The number of hydrogen-bond donors (Lipinski definition) is 0. The van der Waals surface area contributed by atoms with Crippen LogP contribution in [0.3, 0.4) is 0 Å². The quantitative estimate of drug-likeness (QED) is 0.407.